The Morgan fingerprint density at radius 3 is 2.21 bits per heavy atom. The van der Waals surface area contributed by atoms with Gasteiger partial charge in [0.2, 0.25) is 0 Å². The summed E-state index contributed by atoms with van der Waals surface area (Å²) in [5.41, 5.74) is 0.00370. The zero-order chi connectivity index (χ0) is 15.1. The molecule has 0 aliphatic heterocycles. The van der Waals surface area contributed by atoms with Gasteiger partial charge < -0.3 is 19.0 Å². The Bertz CT molecular complexity index is 310. The summed E-state index contributed by atoms with van der Waals surface area (Å²) in [7, 11) is 0.907. The normalized spacial score (nSPS) is 12.5. The highest BCUT2D eigenvalue weighted by Gasteiger charge is 2.40. The lowest BCUT2D eigenvalue weighted by Crippen LogP contribution is -2.47. The van der Waals surface area contributed by atoms with E-state index in [-0.39, 0.29) is 12.0 Å². The standard InChI is InChI=1S/C13H26O5Si/c1-7-8-9-19(5,6)18-13(16-3,17-4)10-11(2)12(14)15/h2,7-10H2,1,3-6H3,(H,14,15). The lowest BCUT2D eigenvalue weighted by molar-refractivity contribution is -0.326. The molecule has 0 unspecified atom stereocenters. The van der Waals surface area contributed by atoms with E-state index in [1.165, 1.54) is 14.2 Å². The number of aliphatic carboxylic acids is 1. The Hall–Kier alpha value is -0.693. The van der Waals surface area contributed by atoms with Crippen molar-refractivity contribution in [3.05, 3.63) is 12.2 Å². The van der Waals surface area contributed by atoms with Crippen LogP contribution < -0.4 is 0 Å². The van der Waals surface area contributed by atoms with Crippen molar-refractivity contribution in [2.45, 2.75) is 51.3 Å². The van der Waals surface area contributed by atoms with Crippen LogP contribution in [0, 0.1) is 0 Å². The quantitative estimate of drug-likeness (QED) is 0.381. The predicted molar refractivity (Wildman–Crippen MR) is 76.4 cm³/mol. The minimum atomic E-state index is -1.99. The second kappa shape index (κ2) is 7.79. The molecular formula is C13H26O5Si. The first-order valence-corrected chi connectivity index (χ1v) is 9.55. The molecule has 0 aromatic carbocycles. The van der Waals surface area contributed by atoms with Gasteiger partial charge in [-0.25, -0.2) is 4.79 Å². The van der Waals surface area contributed by atoms with Crippen molar-refractivity contribution in [2.24, 2.45) is 0 Å². The zero-order valence-electron chi connectivity index (χ0n) is 12.6. The molecule has 19 heavy (non-hydrogen) atoms. The summed E-state index contributed by atoms with van der Waals surface area (Å²) in [6.45, 7) is 9.76. The molecule has 0 heterocycles. The van der Waals surface area contributed by atoms with E-state index in [1.807, 2.05) is 0 Å². The summed E-state index contributed by atoms with van der Waals surface area (Å²) in [4.78, 5) is 10.9. The first-order chi connectivity index (χ1) is 8.72. The van der Waals surface area contributed by atoms with E-state index in [1.54, 1.807) is 0 Å². The van der Waals surface area contributed by atoms with Crippen molar-refractivity contribution in [1.82, 2.24) is 0 Å². The first kappa shape index (κ1) is 18.3. The van der Waals surface area contributed by atoms with Crippen LogP contribution in [-0.4, -0.2) is 39.6 Å². The molecule has 0 saturated carbocycles. The van der Waals surface area contributed by atoms with Crippen LogP contribution in [0.1, 0.15) is 26.2 Å². The third kappa shape index (κ3) is 6.33. The van der Waals surface area contributed by atoms with Crippen LogP contribution in [0.3, 0.4) is 0 Å². The molecule has 0 spiro atoms. The molecule has 0 atom stereocenters. The third-order valence-corrected chi connectivity index (χ3v) is 5.34. The van der Waals surface area contributed by atoms with Crippen LogP contribution in [-0.2, 0) is 18.7 Å². The van der Waals surface area contributed by atoms with Gasteiger partial charge in [-0.1, -0.05) is 26.3 Å². The molecule has 0 bridgehead atoms. The highest BCUT2D eigenvalue weighted by Crippen LogP contribution is 2.29. The zero-order valence-corrected chi connectivity index (χ0v) is 13.6. The smallest absolute Gasteiger partial charge is 0.331 e. The maximum Gasteiger partial charge on any atom is 0.331 e. The number of hydrogen-bond acceptors (Lipinski definition) is 4. The average molecular weight is 290 g/mol. The molecule has 0 aromatic heterocycles. The van der Waals surface area contributed by atoms with Gasteiger partial charge in [0.15, 0.2) is 8.32 Å². The third-order valence-electron chi connectivity index (χ3n) is 2.92. The average Bonchev–Trinajstić information content (AvgIpc) is 2.35. The van der Waals surface area contributed by atoms with E-state index in [0.717, 1.165) is 18.9 Å². The van der Waals surface area contributed by atoms with Gasteiger partial charge in [-0.05, 0) is 19.1 Å². The highest BCUT2D eigenvalue weighted by molar-refractivity contribution is 6.71. The summed E-state index contributed by atoms with van der Waals surface area (Å²) in [6, 6.07) is 0.970. The summed E-state index contributed by atoms with van der Waals surface area (Å²) < 4.78 is 16.6. The van der Waals surface area contributed by atoms with Gasteiger partial charge in [0.25, 0.3) is 5.97 Å². The maximum absolute atomic E-state index is 10.9. The number of unbranched alkanes of at least 4 members (excludes halogenated alkanes) is 1. The molecule has 1 N–H and O–H groups in total. The molecule has 0 fully saturated rings. The number of carboxylic acid groups (broad SMARTS) is 1. The van der Waals surface area contributed by atoms with Crippen LogP contribution >= 0.6 is 0 Å². The molecule has 0 aromatic rings. The molecule has 6 heteroatoms. The Morgan fingerprint density at radius 1 is 1.32 bits per heavy atom. The Balaban J connectivity index is 4.88. The van der Waals surface area contributed by atoms with Gasteiger partial charge in [-0.2, -0.15) is 0 Å². The van der Waals surface area contributed by atoms with Crippen LogP contribution in [0.4, 0.5) is 0 Å². The van der Waals surface area contributed by atoms with Gasteiger partial charge in [-0.3, -0.25) is 0 Å². The summed E-state index contributed by atoms with van der Waals surface area (Å²) in [5.74, 6) is -2.42. The van der Waals surface area contributed by atoms with Crippen LogP contribution in [0.2, 0.25) is 19.1 Å². The second-order valence-electron chi connectivity index (χ2n) is 5.14. The molecule has 0 rings (SSSR count). The van der Waals surface area contributed by atoms with Gasteiger partial charge in [0.05, 0.1) is 6.42 Å². The number of carbonyl (C=O) groups is 1. The predicted octanol–water partition coefficient (Wildman–Crippen LogP) is 2.99. The fraction of sp³-hybridized carbons (Fsp3) is 0.769. The minimum absolute atomic E-state index is 0.00370. The lowest BCUT2D eigenvalue weighted by Gasteiger charge is -2.37. The highest BCUT2D eigenvalue weighted by atomic mass is 28.4. The maximum atomic E-state index is 10.9. The van der Waals surface area contributed by atoms with E-state index >= 15 is 0 Å². The number of rotatable bonds is 10. The van der Waals surface area contributed by atoms with Crippen molar-refractivity contribution < 1.29 is 23.8 Å². The minimum Gasteiger partial charge on any atom is -0.478 e. The van der Waals surface area contributed by atoms with Crippen LogP contribution in [0.25, 0.3) is 0 Å². The molecule has 0 amide bonds. The molecule has 112 valence electrons. The van der Waals surface area contributed by atoms with E-state index < -0.39 is 20.3 Å². The molecule has 0 saturated heterocycles. The van der Waals surface area contributed by atoms with Gasteiger partial charge in [0.1, 0.15) is 0 Å². The molecule has 0 aliphatic carbocycles. The van der Waals surface area contributed by atoms with Gasteiger partial charge in [0, 0.05) is 19.8 Å². The SMILES string of the molecule is C=C(CC(OC)(OC)O[Si](C)(C)CCCC)C(=O)O. The molecule has 0 radical (unpaired) electrons. The monoisotopic (exact) mass is 290 g/mol. The van der Waals surface area contributed by atoms with E-state index in [2.05, 4.69) is 26.6 Å². The van der Waals surface area contributed by atoms with Crippen molar-refractivity contribution in [3.63, 3.8) is 0 Å². The first-order valence-electron chi connectivity index (χ1n) is 6.43. The number of hydrogen-bond donors (Lipinski definition) is 1. The van der Waals surface area contributed by atoms with E-state index in [9.17, 15) is 4.79 Å². The van der Waals surface area contributed by atoms with E-state index in [0.29, 0.717) is 0 Å². The van der Waals surface area contributed by atoms with Crippen molar-refractivity contribution in [3.8, 4) is 0 Å². The fourth-order valence-electron chi connectivity index (χ4n) is 1.76. The van der Waals surface area contributed by atoms with Crippen molar-refractivity contribution >= 4 is 14.3 Å². The molecule has 5 nitrogen and oxygen atoms in total. The summed E-state index contributed by atoms with van der Waals surface area (Å²) >= 11 is 0. The fourth-order valence-corrected chi connectivity index (χ4v) is 4.15. The summed E-state index contributed by atoms with van der Waals surface area (Å²) in [6.07, 6.45) is 2.15. The van der Waals surface area contributed by atoms with Gasteiger partial charge in [-0.15, -0.1) is 0 Å². The number of carboxylic acids is 1. The number of ether oxygens (including phenoxy) is 2. The van der Waals surface area contributed by atoms with Crippen LogP contribution in [0.5, 0.6) is 0 Å². The Labute approximate surface area is 116 Å². The Morgan fingerprint density at radius 2 is 1.84 bits per heavy atom. The second-order valence-corrected chi connectivity index (χ2v) is 9.37. The van der Waals surface area contributed by atoms with Gasteiger partial charge >= 0.3 is 5.97 Å². The lowest BCUT2D eigenvalue weighted by atomic mass is 10.2. The van der Waals surface area contributed by atoms with Crippen LogP contribution in [0.15, 0.2) is 12.2 Å². The molecule has 0 aliphatic rings. The largest absolute Gasteiger partial charge is 0.478 e. The van der Waals surface area contributed by atoms with Crippen molar-refractivity contribution in [1.29, 1.82) is 0 Å². The number of methoxy groups -OCH3 is 2. The van der Waals surface area contributed by atoms with E-state index in [4.69, 9.17) is 19.0 Å². The Kier molecular flexibility index (Phi) is 7.51. The topological polar surface area (TPSA) is 65.0 Å². The summed E-state index contributed by atoms with van der Waals surface area (Å²) in [5, 5.41) is 8.92. The van der Waals surface area contributed by atoms with Crippen molar-refractivity contribution in [2.75, 3.05) is 14.2 Å². The molecular weight excluding hydrogens is 264 g/mol.